The SMILES string of the molecule is N#Cc1ccc(C(=O)[C@@H]2CCC(=O)O2)cc1. The summed E-state index contributed by atoms with van der Waals surface area (Å²) in [6, 6.07) is 8.27. The summed E-state index contributed by atoms with van der Waals surface area (Å²) in [6.07, 6.45) is 0.0881. The Balaban J connectivity index is 2.15. The molecule has 2 rings (SSSR count). The Morgan fingerprint density at radius 2 is 2.06 bits per heavy atom. The number of nitriles is 1. The Bertz CT molecular complexity index is 470. The van der Waals surface area contributed by atoms with Crippen molar-refractivity contribution in [1.82, 2.24) is 0 Å². The van der Waals surface area contributed by atoms with Crippen LogP contribution in [0.3, 0.4) is 0 Å². The summed E-state index contributed by atoms with van der Waals surface area (Å²) < 4.78 is 4.88. The molecule has 1 heterocycles. The molecule has 0 aliphatic carbocycles. The Kier molecular flexibility index (Phi) is 2.69. The summed E-state index contributed by atoms with van der Waals surface area (Å²) in [5.74, 6) is -0.526. The number of cyclic esters (lactones) is 1. The van der Waals surface area contributed by atoms with Crippen LogP contribution < -0.4 is 0 Å². The zero-order valence-corrected chi connectivity index (χ0v) is 8.47. The number of rotatable bonds is 2. The van der Waals surface area contributed by atoms with E-state index in [4.69, 9.17) is 10.00 Å². The molecule has 80 valence electrons. The van der Waals surface area contributed by atoms with Gasteiger partial charge in [0.1, 0.15) is 0 Å². The van der Waals surface area contributed by atoms with Crippen molar-refractivity contribution in [2.24, 2.45) is 0 Å². The normalized spacial score (nSPS) is 18.9. The van der Waals surface area contributed by atoms with Crippen LogP contribution in [0.2, 0.25) is 0 Å². The molecular formula is C12H9NO3. The molecule has 1 fully saturated rings. The van der Waals surface area contributed by atoms with Gasteiger partial charge in [-0.2, -0.15) is 5.26 Å². The van der Waals surface area contributed by atoms with Gasteiger partial charge in [0.05, 0.1) is 11.6 Å². The summed E-state index contributed by atoms with van der Waals surface area (Å²) in [7, 11) is 0. The lowest BCUT2D eigenvalue weighted by atomic mass is 10.0. The van der Waals surface area contributed by atoms with Crippen LogP contribution in [0.4, 0.5) is 0 Å². The average molecular weight is 215 g/mol. The van der Waals surface area contributed by atoms with Gasteiger partial charge in [0.25, 0.3) is 0 Å². The third-order valence-electron chi connectivity index (χ3n) is 2.48. The quantitative estimate of drug-likeness (QED) is 0.553. The van der Waals surface area contributed by atoms with Crippen LogP contribution in [-0.2, 0) is 9.53 Å². The van der Waals surface area contributed by atoms with Crippen LogP contribution in [0.1, 0.15) is 28.8 Å². The van der Waals surface area contributed by atoms with Gasteiger partial charge < -0.3 is 4.74 Å². The van der Waals surface area contributed by atoms with Crippen molar-refractivity contribution >= 4 is 11.8 Å². The van der Waals surface area contributed by atoms with Crippen LogP contribution in [-0.4, -0.2) is 17.9 Å². The van der Waals surface area contributed by atoms with E-state index in [-0.39, 0.29) is 11.8 Å². The Morgan fingerprint density at radius 3 is 2.56 bits per heavy atom. The molecule has 0 spiro atoms. The minimum Gasteiger partial charge on any atom is -0.454 e. The molecule has 1 saturated heterocycles. The second-order valence-electron chi connectivity index (χ2n) is 3.57. The molecule has 16 heavy (non-hydrogen) atoms. The fraction of sp³-hybridized carbons (Fsp3) is 0.250. The van der Waals surface area contributed by atoms with Crippen LogP contribution in [0.5, 0.6) is 0 Å². The maximum Gasteiger partial charge on any atom is 0.306 e. The van der Waals surface area contributed by atoms with Crippen molar-refractivity contribution in [1.29, 1.82) is 5.26 Å². The first-order valence-electron chi connectivity index (χ1n) is 4.94. The van der Waals surface area contributed by atoms with E-state index in [1.54, 1.807) is 24.3 Å². The fourth-order valence-corrected chi connectivity index (χ4v) is 1.61. The molecule has 4 heteroatoms. The van der Waals surface area contributed by atoms with E-state index in [1.807, 2.05) is 6.07 Å². The third kappa shape index (κ3) is 1.94. The number of ether oxygens (including phenoxy) is 1. The van der Waals surface area contributed by atoms with Gasteiger partial charge >= 0.3 is 5.97 Å². The molecule has 4 nitrogen and oxygen atoms in total. The lowest BCUT2D eigenvalue weighted by molar-refractivity contribution is -0.140. The van der Waals surface area contributed by atoms with Gasteiger partial charge in [-0.05, 0) is 24.3 Å². The van der Waals surface area contributed by atoms with Gasteiger partial charge in [-0.25, -0.2) is 0 Å². The van der Waals surface area contributed by atoms with E-state index in [0.29, 0.717) is 24.0 Å². The Hall–Kier alpha value is -2.15. The van der Waals surface area contributed by atoms with Crippen molar-refractivity contribution in [3.8, 4) is 6.07 Å². The van der Waals surface area contributed by atoms with Crippen molar-refractivity contribution < 1.29 is 14.3 Å². The summed E-state index contributed by atoms with van der Waals surface area (Å²) in [5.41, 5.74) is 0.971. The molecule has 0 N–H and O–H groups in total. The fourth-order valence-electron chi connectivity index (χ4n) is 1.61. The Labute approximate surface area is 92.4 Å². The molecule has 0 radical (unpaired) electrons. The van der Waals surface area contributed by atoms with Crippen LogP contribution in [0, 0.1) is 11.3 Å². The largest absolute Gasteiger partial charge is 0.454 e. The van der Waals surface area contributed by atoms with Crippen molar-refractivity contribution in [2.75, 3.05) is 0 Å². The van der Waals surface area contributed by atoms with E-state index >= 15 is 0 Å². The lowest BCUT2D eigenvalue weighted by Crippen LogP contribution is -2.20. The Morgan fingerprint density at radius 1 is 1.38 bits per heavy atom. The van der Waals surface area contributed by atoms with Crippen molar-refractivity contribution in [3.05, 3.63) is 35.4 Å². The van der Waals surface area contributed by atoms with E-state index in [0.717, 1.165) is 0 Å². The number of nitrogens with zero attached hydrogens (tertiary/aromatic N) is 1. The van der Waals surface area contributed by atoms with Crippen LogP contribution in [0.15, 0.2) is 24.3 Å². The summed E-state index contributed by atoms with van der Waals surface area (Å²) in [5, 5.41) is 8.61. The molecule has 0 bridgehead atoms. The molecule has 1 aromatic rings. The van der Waals surface area contributed by atoms with Crippen molar-refractivity contribution in [3.63, 3.8) is 0 Å². The highest BCUT2D eigenvalue weighted by Crippen LogP contribution is 2.18. The van der Waals surface area contributed by atoms with Gasteiger partial charge in [0.15, 0.2) is 6.10 Å². The van der Waals surface area contributed by atoms with Gasteiger partial charge in [-0.1, -0.05) is 0 Å². The van der Waals surface area contributed by atoms with Crippen LogP contribution in [0.25, 0.3) is 0 Å². The lowest BCUT2D eigenvalue weighted by Gasteiger charge is -2.07. The molecule has 0 saturated carbocycles. The topological polar surface area (TPSA) is 67.2 Å². The molecule has 0 aromatic heterocycles. The molecule has 0 amide bonds. The second kappa shape index (κ2) is 4.15. The number of hydrogen-bond acceptors (Lipinski definition) is 4. The van der Waals surface area contributed by atoms with Crippen molar-refractivity contribution in [2.45, 2.75) is 18.9 Å². The summed E-state index contributed by atoms with van der Waals surface area (Å²) >= 11 is 0. The number of ketones is 1. The number of benzene rings is 1. The number of Topliss-reactive ketones (excluding diaryl/α,β-unsaturated/α-hetero) is 1. The van der Waals surface area contributed by atoms with E-state index in [1.165, 1.54) is 0 Å². The summed E-state index contributed by atoms with van der Waals surface area (Å²) in [6.45, 7) is 0. The molecule has 1 aliphatic heterocycles. The smallest absolute Gasteiger partial charge is 0.306 e. The molecular weight excluding hydrogens is 206 g/mol. The highest BCUT2D eigenvalue weighted by atomic mass is 16.6. The minimum absolute atomic E-state index is 0.199. The zero-order chi connectivity index (χ0) is 11.5. The van der Waals surface area contributed by atoms with Gasteiger partial charge in [-0.3, -0.25) is 9.59 Å². The predicted molar refractivity (Wildman–Crippen MR) is 54.6 cm³/mol. The maximum absolute atomic E-state index is 11.8. The highest BCUT2D eigenvalue weighted by Gasteiger charge is 2.30. The molecule has 1 aromatic carbocycles. The molecule has 0 unspecified atom stereocenters. The van der Waals surface area contributed by atoms with Gasteiger partial charge in [0.2, 0.25) is 5.78 Å². The van der Waals surface area contributed by atoms with E-state index in [2.05, 4.69) is 0 Å². The average Bonchev–Trinajstić information content (AvgIpc) is 2.75. The second-order valence-corrected chi connectivity index (χ2v) is 3.57. The maximum atomic E-state index is 11.8. The highest BCUT2D eigenvalue weighted by molar-refractivity contribution is 6.01. The monoisotopic (exact) mass is 215 g/mol. The standard InChI is InChI=1S/C12H9NO3/c13-7-8-1-3-9(4-2-8)12(15)10-5-6-11(14)16-10/h1-4,10H,5-6H2/t10-/m0/s1. The third-order valence-corrected chi connectivity index (χ3v) is 2.48. The number of carbonyl (C=O) groups is 2. The predicted octanol–water partition coefficient (Wildman–Crippen LogP) is 1.45. The first-order chi connectivity index (χ1) is 7.70. The number of hydrogen-bond donors (Lipinski definition) is 0. The molecule has 1 aliphatic rings. The van der Waals surface area contributed by atoms with Crippen LogP contribution >= 0.6 is 0 Å². The first kappa shape index (κ1) is 10.4. The number of esters is 1. The minimum atomic E-state index is -0.652. The van der Waals surface area contributed by atoms with E-state index < -0.39 is 6.10 Å². The summed E-state index contributed by atoms with van der Waals surface area (Å²) in [4.78, 5) is 22.7. The number of carbonyl (C=O) groups excluding carboxylic acids is 2. The first-order valence-corrected chi connectivity index (χ1v) is 4.94. The van der Waals surface area contributed by atoms with E-state index in [9.17, 15) is 9.59 Å². The zero-order valence-electron chi connectivity index (χ0n) is 8.47. The van der Waals surface area contributed by atoms with Gasteiger partial charge in [0, 0.05) is 18.4 Å². The van der Waals surface area contributed by atoms with Gasteiger partial charge in [-0.15, -0.1) is 0 Å². The molecule has 1 atom stereocenters.